The van der Waals surface area contributed by atoms with E-state index < -0.39 is 0 Å². The van der Waals surface area contributed by atoms with E-state index in [1.807, 2.05) is 6.07 Å². The van der Waals surface area contributed by atoms with E-state index in [-0.39, 0.29) is 17.2 Å². The monoisotopic (exact) mass is 299 g/mol. The molecular weight excluding hydrogens is 290 g/mol. The Balaban J connectivity index is 1.99. The van der Waals surface area contributed by atoms with E-state index in [1.54, 1.807) is 24.4 Å². The van der Waals surface area contributed by atoms with Gasteiger partial charge in [0.25, 0.3) is 5.91 Å². The summed E-state index contributed by atoms with van der Waals surface area (Å²) in [5.41, 5.74) is 1.48. The van der Waals surface area contributed by atoms with Gasteiger partial charge >= 0.3 is 0 Å². The molecule has 3 rings (SSSR count). The van der Waals surface area contributed by atoms with Crippen molar-refractivity contribution >= 4 is 34.1 Å². The molecule has 0 saturated carbocycles. The smallest absolute Gasteiger partial charge is 0.257 e. The van der Waals surface area contributed by atoms with Crippen molar-refractivity contribution in [1.29, 1.82) is 0 Å². The van der Waals surface area contributed by atoms with Gasteiger partial charge in [0.15, 0.2) is 0 Å². The number of carbonyl (C=O) groups excluding carboxylic acids is 1. The summed E-state index contributed by atoms with van der Waals surface area (Å²) in [5, 5.41) is 13.4. The second-order valence-corrected chi connectivity index (χ2v) is 4.79. The molecular formula is C15H10ClN3O2. The number of aromatic nitrogens is 2. The molecule has 6 heteroatoms. The highest BCUT2D eigenvalue weighted by atomic mass is 35.5. The van der Waals surface area contributed by atoms with Crippen LogP contribution in [0.15, 0.2) is 48.9 Å². The van der Waals surface area contributed by atoms with E-state index >= 15 is 0 Å². The lowest BCUT2D eigenvalue weighted by atomic mass is 10.1. The van der Waals surface area contributed by atoms with E-state index in [1.165, 1.54) is 18.5 Å². The van der Waals surface area contributed by atoms with Gasteiger partial charge in [-0.3, -0.25) is 14.8 Å². The van der Waals surface area contributed by atoms with Gasteiger partial charge in [0.1, 0.15) is 5.75 Å². The number of fused-ring (bicyclic) bond motifs is 1. The number of hydrogen-bond acceptors (Lipinski definition) is 4. The molecule has 21 heavy (non-hydrogen) atoms. The second kappa shape index (κ2) is 5.38. The average molecular weight is 300 g/mol. The van der Waals surface area contributed by atoms with Crippen molar-refractivity contribution in [2.24, 2.45) is 0 Å². The lowest BCUT2D eigenvalue weighted by Crippen LogP contribution is -2.12. The van der Waals surface area contributed by atoms with E-state index in [0.717, 1.165) is 5.39 Å². The molecule has 3 aromatic rings. The number of benzene rings is 1. The molecule has 0 fully saturated rings. The number of nitrogens with one attached hydrogen (secondary N) is 1. The first-order valence-corrected chi connectivity index (χ1v) is 6.51. The fourth-order valence-corrected chi connectivity index (χ4v) is 2.21. The summed E-state index contributed by atoms with van der Waals surface area (Å²) < 4.78 is 0. The molecule has 2 heterocycles. The van der Waals surface area contributed by atoms with Gasteiger partial charge in [0.2, 0.25) is 0 Å². The molecule has 0 aliphatic carbocycles. The Morgan fingerprint density at radius 2 is 2.10 bits per heavy atom. The van der Waals surface area contributed by atoms with Crippen molar-refractivity contribution in [3.63, 3.8) is 0 Å². The normalized spacial score (nSPS) is 10.5. The molecule has 1 aromatic carbocycles. The molecule has 104 valence electrons. The van der Waals surface area contributed by atoms with Gasteiger partial charge in [0.05, 0.1) is 28.0 Å². The number of pyridine rings is 2. The van der Waals surface area contributed by atoms with Gasteiger partial charge < -0.3 is 10.4 Å². The minimum absolute atomic E-state index is 0.0646. The van der Waals surface area contributed by atoms with Crippen molar-refractivity contribution in [1.82, 2.24) is 9.97 Å². The number of nitrogens with zero attached hydrogens (tertiary/aromatic N) is 2. The highest BCUT2D eigenvalue weighted by molar-refractivity contribution is 6.35. The minimum Gasteiger partial charge on any atom is -0.506 e. The van der Waals surface area contributed by atoms with E-state index in [2.05, 4.69) is 15.3 Å². The molecule has 5 nitrogen and oxygen atoms in total. The molecule has 0 aliphatic heterocycles. The zero-order valence-electron chi connectivity index (χ0n) is 10.7. The van der Waals surface area contributed by atoms with Crippen LogP contribution in [-0.2, 0) is 0 Å². The molecule has 0 spiro atoms. The Morgan fingerprint density at radius 1 is 1.24 bits per heavy atom. The first-order chi connectivity index (χ1) is 10.1. The largest absolute Gasteiger partial charge is 0.506 e. The van der Waals surface area contributed by atoms with Gasteiger partial charge in [-0.15, -0.1) is 0 Å². The van der Waals surface area contributed by atoms with Gasteiger partial charge in [-0.2, -0.15) is 0 Å². The Bertz CT molecular complexity index is 836. The summed E-state index contributed by atoms with van der Waals surface area (Å²) in [6.07, 6.45) is 4.28. The van der Waals surface area contributed by atoms with Gasteiger partial charge in [-0.05, 0) is 30.3 Å². The molecule has 0 bridgehead atoms. The van der Waals surface area contributed by atoms with Crippen LogP contribution in [0.1, 0.15) is 10.4 Å². The molecule has 0 saturated heterocycles. The maximum absolute atomic E-state index is 12.2. The van der Waals surface area contributed by atoms with Crippen molar-refractivity contribution < 1.29 is 9.90 Å². The van der Waals surface area contributed by atoms with E-state index in [4.69, 9.17) is 11.6 Å². The van der Waals surface area contributed by atoms with Crippen molar-refractivity contribution in [2.75, 3.05) is 5.32 Å². The lowest BCUT2D eigenvalue weighted by Gasteiger charge is -2.09. The fraction of sp³-hybridized carbons (Fsp3) is 0. The molecule has 0 atom stereocenters. The average Bonchev–Trinajstić information content (AvgIpc) is 2.50. The predicted molar refractivity (Wildman–Crippen MR) is 80.6 cm³/mol. The van der Waals surface area contributed by atoms with Crippen LogP contribution < -0.4 is 5.32 Å². The van der Waals surface area contributed by atoms with Gasteiger partial charge in [-0.1, -0.05) is 11.6 Å². The Labute approximate surface area is 125 Å². The van der Waals surface area contributed by atoms with Crippen LogP contribution >= 0.6 is 11.6 Å². The molecule has 0 unspecified atom stereocenters. The third kappa shape index (κ3) is 2.64. The van der Waals surface area contributed by atoms with Gasteiger partial charge in [-0.25, -0.2) is 0 Å². The summed E-state index contributed by atoms with van der Waals surface area (Å²) in [6, 6.07) is 8.32. The SMILES string of the molecule is O=C(Nc1ccc(Cl)c2ncccc12)c1cncc(O)c1. The standard InChI is InChI=1S/C15H10ClN3O2/c16-12-3-4-13(11-2-1-5-18-14(11)12)19-15(21)9-6-10(20)8-17-7-9/h1-8,20H,(H,19,21). The highest BCUT2D eigenvalue weighted by Gasteiger charge is 2.11. The third-order valence-electron chi connectivity index (χ3n) is 2.95. The Morgan fingerprint density at radius 3 is 2.90 bits per heavy atom. The molecule has 2 aromatic heterocycles. The van der Waals surface area contributed by atoms with Crippen LogP contribution in [0.4, 0.5) is 5.69 Å². The van der Waals surface area contributed by atoms with Gasteiger partial charge in [0, 0.05) is 17.8 Å². The molecule has 1 amide bonds. The molecule has 0 aliphatic rings. The number of amides is 1. The first kappa shape index (κ1) is 13.3. The number of aromatic hydroxyl groups is 1. The molecule has 2 N–H and O–H groups in total. The first-order valence-electron chi connectivity index (χ1n) is 6.14. The molecule has 0 radical (unpaired) electrons. The quantitative estimate of drug-likeness (QED) is 0.761. The number of halogens is 1. The lowest BCUT2D eigenvalue weighted by molar-refractivity contribution is 0.102. The topological polar surface area (TPSA) is 75.1 Å². The van der Waals surface area contributed by atoms with Crippen molar-refractivity contribution in [2.45, 2.75) is 0 Å². The predicted octanol–water partition coefficient (Wildman–Crippen LogP) is 3.24. The van der Waals surface area contributed by atoms with Crippen molar-refractivity contribution in [3.8, 4) is 5.75 Å². The van der Waals surface area contributed by atoms with Crippen LogP contribution in [0, 0.1) is 0 Å². The number of hydrogen-bond donors (Lipinski definition) is 2. The summed E-state index contributed by atoms with van der Waals surface area (Å²) in [7, 11) is 0. The van der Waals surface area contributed by atoms with Crippen LogP contribution in [0.3, 0.4) is 0 Å². The summed E-state index contributed by atoms with van der Waals surface area (Å²) in [4.78, 5) is 20.2. The van der Waals surface area contributed by atoms with Crippen LogP contribution in [0.5, 0.6) is 5.75 Å². The van der Waals surface area contributed by atoms with Crippen LogP contribution in [0.2, 0.25) is 5.02 Å². The second-order valence-electron chi connectivity index (χ2n) is 4.38. The maximum Gasteiger partial charge on any atom is 0.257 e. The van der Waals surface area contributed by atoms with Crippen molar-refractivity contribution in [3.05, 3.63) is 59.5 Å². The zero-order chi connectivity index (χ0) is 14.8. The van der Waals surface area contributed by atoms with Crippen LogP contribution in [-0.4, -0.2) is 21.0 Å². The summed E-state index contributed by atoms with van der Waals surface area (Å²) >= 11 is 6.09. The van der Waals surface area contributed by atoms with E-state index in [0.29, 0.717) is 16.2 Å². The number of rotatable bonds is 2. The zero-order valence-corrected chi connectivity index (χ0v) is 11.5. The minimum atomic E-state index is -0.370. The van der Waals surface area contributed by atoms with Crippen LogP contribution in [0.25, 0.3) is 10.9 Å². The summed E-state index contributed by atoms with van der Waals surface area (Å²) in [6.45, 7) is 0. The fourth-order valence-electron chi connectivity index (χ4n) is 1.99. The third-order valence-corrected chi connectivity index (χ3v) is 3.26. The van der Waals surface area contributed by atoms with E-state index in [9.17, 15) is 9.90 Å². The summed E-state index contributed by atoms with van der Waals surface area (Å²) in [5.74, 6) is -0.434. The maximum atomic E-state index is 12.2. The highest BCUT2D eigenvalue weighted by Crippen LogP contribution is 2.28. The Hall–Kier alpha value is -2.66. The number of carbonyl (C=O) groups is 1. The number of anilines is 1. The Kier molecular flexibility index (Phi) is 3.41.